The van der Waals surface area contributed by atoms with E-state index in [9.17, 15) is 0 Å². The fraction of sp³-hybridized carbons (Fsp3) is 0.227. The maximum absolute atomic E-state index is 6.52. The Bertz CT molecular complexity index is 973. The van der Waals surface area contributed by atoms with Gasteiger partial charge < -0.3 is 15.2 Å². The van der Waals surface area contributed by atoms with E-state index in [1.165, 1.54) is 16.5 Å². The van der Waals surface area contributed by atoms with E-state index in [0.29, 0.717) is 6.42 Å². The highest BCUT2D eigenvalue weighted by atomic mass is 15.3. The van der Waals surface area contributed by atoms with Gasteiger partial charge in [0.15, 0.2) is 5.79 Å². The van der Waals surface area contributed by atoms with Crippen LogP contribution < -0.4 is 16.4 Å². The number of hydrogen-bond donors (Lipinski definition) is 3. The number of aryl methyl sites for hydroxylation is 1. The average Bonchev–Trinajstić information content (AvgIpc) is 3.10. The van der Waals surface area contributed by atoms with E-state index < -0.39 is 5.79 Å². The molecule has 1 aliphatic rings. The van der Waals surface area contributed by atoms with E-state index in [-0.39, 0.29) is 6.04 Å². The minimum Gasteiger partial charge on any atom is -0.365 e. The van der Waals surface area contributed by atoms with Crippen LogP contribution in [-0.2, 0) is 6.54 Å². The first kappa shape index (κ1) is 17.4. The first-order chi connectivity index (χ1) is 13.1. The van der Waals surface area contributed by atoms with Gasteiger partial charge in [0.25, 0.3) is 0 Å². The maximum Gasteiger partial charge on any atom is 0.184 e. The van der Waals surface area contributed by atoms with Crippen molar-refractivity contribution in [3.05, 3.63) is 84.3 Å². The molecule has 1 aromatic heterocycles. The molecule has 2 atom stereocenters. The van der Waals surface area contributed by atoms with Crippen molar-refractivity contribution < 1.29 is 0 Å². The SMILES string of the molecule is CC(NC1=CC=NC(N)(CCn2ccc3ccccc32)N1)c1ccccc1. The third kappa shape index (κ3) is 3.88. The van der Waals surface area contributed by atoms with Gasteiger partial charge in [-0.3, -0.25) is 10.7 Å². The predicted molar refractivity (Wildman–Crippen MR) is 111 cm³/mol. The van der Waals surface area contributed by atoms with Crippen LogP contribution in [0.15, 0.2) is 83.7 Å². The molecule has 1 aliphatic heterocycles. The van der Waals surface area contributed by atoms with Crippen LogP contribution in [0, 0.1) is 0 Å². The highest BCUT2D eigenvalue weighted by Crippen LogP contribution is 2.19. The van der Waals surface area contributed by atoms with Crippen molar-refractivity contribution in [2.75, 3.05) is 0 Å². The van der Waals surface area contributed by atoms with Gasteiger partial charge >= 0.3 is 0 Å². The molecular formula is C22H25N5. The molecule has 27 heavy (non-hydrogen) atoms. The first-order valence-electron chi connectivity index (χ1n) is 9.31. The topological polar surface area (TPSA) is 67.4 Å². The van der Waals surface area contributed by atoms with Crippen LogP contribution in [-0.4, -0.2) is 16.6 Å². The molecule has 0 spiro atoms. The predicted octanol–water partition coefficient (Wildman–Crippen LogP) is 3.51. The van der Waals surface area contributed by atoms with Gasteiger partial charge in [0, 0.05) is 36.9 Å². The number of para-hydroxylation sites is 1. The van der Waals surface area contributed by atoms with Gasteiger partial charge in [-0.05, 0) is 36.1 Å². The molecule has 0 saturated carbocycles. The molecule has 3 aromatic rings. The number of nitrogens with one attached hydrogen (secondary N) is 2. The average molecular weight is 359 g/mol. The quantitative estimate of drug-likeness (QED) is 0.631. The summed E-state index contributed by atoms with van der Waals surface area (Å²) >= 11 is 0. The molecule has 0 fully saturated rings. The Morgan fingerprint density at radius 1 is 1.11 bits per heavy atom. The molecule has 2 heterocycles. The molecule has 2 unspecified atom stereocenters. The highest BCUT2D eigenvalue weighted by Gasteiger charge is 2.26. The van der Waals surface area contributed by atoms with Gasteiger partial charge in [-0.1, -0.05) is 48.5 Å². The number of rotatable bonds is 6. The largest absolute Gasteiger partial charge is 0.365 e. The summed E-state index contributed by atoms with van der Waals surface area (Å²) in [6.45, 7) is 2.92. The van der Waals surface area contributed by atoms with Crippen LogP contribution in [0.3, 0.4) is 0 Å². The van der Waals surface area contributed by atoms with Crippen molar-refractivity contribution in [3.8, 4) is 0 Å². The molecule has 4 N–H and O–H groups in total. The van der Waals surface area contributed by atoms with Crippen LogP contribution in [0.25, 0.3) is 10.9 Å². The second kappa shape index (κ2) is 7.29. The van der Waals surface area contributed by atoms with E-state index in [4.69, 9.17) is 5.73 Å². The van der Waals surface area contributed by atoms with Crippen molar-refractivity contribution in [3.63, 3.8) is 0 Å². The number of allylic oxidation sites excluding steroid dienone is 1. The minimum absolute atomic E-state index is 0.175. The lowest BCUT2D eigenvalue weighted by Gasteiger charge is -2.33. The van der Waals surface area contributed by atoms with E-state index in [1.54, 1.807) is 6.21 Å². The molecule has 5 heteroatoms. The summed E-state index contributed by atoms with van der Waals surface area (Å²) in [5.74, 6) is 0.0694. The molecule has 0 aliphatic carbocycles. The third-order valence-electron chi connectivity index (χ3n) is 4.98. The molecule has 0 saturated heterocycles. The Kier molecular flexibility index (Phi) is 4.69. The van der Waals surface area contributed by atoms with Crippen LogP contribution in [0.2, 0.25) is 0 Å². The molecule has 0 radical (unpaired) electrons. The van der Waals surface area contributed by atoms with Crippen molar-refractivity contribution in [2.24, 2.45) is 10.7 Å². The number of nitrogens with two attached hydrogens (primary N) is 1. The van der Waals surface area contributed by atoms with Gasteiger partial charge in [-0.15, -0.1) is 0 Å². The Balaban J connectivity index is 1.40. The summed E-state index contributed by atoms with van der Waals surface area (Å²) in [5.41, 5.74) is 8.96. The van der Waals surface area contributed by atoms with Gasteiger partial charge in [0.05, 0.1) is 0 Å². The lowest BCUT2D eigenvalue weighted by atomic mass is 10.1. The summed E-state index contributed by atoms with van der Waals surface area (Å²) in [5, 5.41) is 8.08. The Morgan fingerprint density at radius 3 is 2.74 bits per heavy atom. The monoisotopic (exact) mass is 359 g/mol. The molecule has 4 rings (SSSR count). The summed E-state index contributed by atoms with van der Waals surface area (Å²) < 4.78 is 2.22. The van der Waals surface area contributed by atoms with E-state index in [2.05, 4.69) is 75.8 Å². The summed E-state index contributed by atoms with van der Waals surface area (Å²) in [7, 11) is 0. The Labute approximate surface area is 159 Å². The smallest absolute Gasteiger partial charge is 0.184 e. The first-order valence-corrected chi connectivity index (χ1v) is 9.31. The Hall–Kier alpha value is -3.05. The fourth-order valence-corrected chi connectivity index (χ4v) is 3.45. The van der Waals surface area contributed by atoms with Gasteiger partial charge in [0.2, 0.25) is 0 Å². The summed E-state index contributed by atoms with van der Waals surface area (Å²) in [6.07, 6.45) is 6.49. The Morgan fingerprint density at radius 2 is 1.89 bits per heavy atom. The lowest BCUT2D eigenvalue weighted by Crippen LogP contribution is -2.55. The molecule has 2 aromatic carbocycles. The standard InChI is InChI=1S/C22H25N5/c1-17(18-7-3-2-4-8-18)25-21-11-14-24-22(23,26-21)13-16-27-15-12-19-9-5-6-10-20(19)27/h2-12,14-15,17,25-26H,13,16,23H2,1H3. The second-order valence-corrected chi connectivity index (χ2v) is 7.00. The summed E-state index contributed by atoms with van der Waals surface area (Å²) in [4.78, 5) is 4.48. The number of nitrogens with zero attached hydrogens (tertiary/aromatic N) is 2. The molecule has 0 amide bonds. The van der Waals surface area contributed by atoms with E-state index >= 15 is 0 Å². The van der Waals surface area contributed by atoms with Crippen molar-refractivity contribution >= 4 is 17.1 Å². The highest BCUT2D eigenvalue weighted by molar-refractivity contribution is 5.79. The van der Waals surface area contributed by atoms with E-state index in [1.807, 2.05) is 24.3 Å². The van der Waals surface area contributed by atoms with Crippen LogP contribution >= 0.6 is 0 Å². The van der Waals surface area contributed by atoms with Crippen LogP contribution in [0.1, 0.15) is 24.9 Å². The van der Waals surface area contributed by atoms with E-state index in [0.717, 1.165) is 12.4 Å². The van der Waals surface area contributed by atoms with Gasteiger partial charge in [-0.2, -0.15) is 0 Å². The van der Waals surface area contributed by atoms with Crippen molar-refractivity contribution in [1.82, 2.24) is 15.2 Å². The number of fused-ring (bicyclic) bond motifs is 1. The number of benzene rings is 2. The maximum atomic E-state index is 6.52. The zero-order valence-corrected chi connectivity index (χ0v) is 15.5. The minimum atomic E-state index is -0.821. The zero-order valence-electron chi connectivity index (χ0n) is 15.5. The number of aromatic nitrogens is 1. The van der Waals surface area contributed by atoms with Crippen molar-refractivity contribution in [2.45, 2.75) is 31.7 Å². The second-order valence-electron chi connectivity index (χ2n) is 7.00. The van der Waals surface area contributed by atoms with Gasteiger partial charge in [0.1, 0.15) is 5.82 Å². The third-order valence-corrected chi connectivity index (χ3v) is 4.98. The molecule has 5 nitrogen and oxygen atoms in total. The normalized spacial score (nSPS) is 20.1. The zero-order chi connectivity index (χ0) is 18.7. The number of aliphatic imine (C=N–C) groups is 1. The molecular weight excluding hydrogens is 334 g/mol. The summed E-state index contributed by atoms with van der Waals surface area (Å²) in [6, 6.07) is 21.0. The number of hydrogen-bond acceptors (Lipinski definition) is 4. The molecule has 138 valence electrons. The fourth-order valence-electron chi connectivity index (χ4n) is 3.45. The van der Waals surface area contributed by atoms with Crippen molar-refractivity contribution in [1.29, 1.82) is 0 Å². The van der Waals surface area contributed by atoms with Gasteiger partial charge in [-0.25, -0.2) is 0 Å². The van der Waals surface area contributed by atoms with Crippen LogP contribution in [0.4, 0.5) is 0 Å². The lowest BCUT2D eigenvalue weighted by molar-refractivity contribution is 0.322. The van der Waals surface area contributed by atoms with Crippen LogP contribution in [0.5, 0.6) is 0 Å². The molecule has 0 bridgehead atoms.